The Morgan fingerprint density at radius 1 is 1.58 bits per heavy atom. The fourth-order valence-corrected chi connectivity index (χ4v) is 1.72. The lowest BCUT2D eigenvalue weighted by Gasteiger charge is -2.26. The molecule has 12 heavy (non-hydrogen) atoms. The monoisotopic (exact) mass is 189 g/mol. The molecule has 1 N–H and O–H groups in total. The summed E-state index contributed by atoms with van der Waals surface area (Å²) in [5.74, 6) is 0. The van der Waals surface area contributed by atoms with Crippen LogP contribution in [0.2, 0.25) is 0 Å². The highest BCUT2D eigenvalue weighted by atomic mass is 32.2. The molecule has 2 atom stereocenters. The van der Waals surface area contributed by atoms with Crippen LogP contribution in [0.4, 0.5) is 0 Å². The van der Waals surface area contributed by atoms with Gasteiger partial charge in [0.25, 0.3) is 0 Å². The first-order chi connectivity index (χ1) is 5.70. The quantitative estimate of drug-likeness (QED) is 0.706. The van der Waals surface area contributed by atoms with Crippen molar-refractivity contribution in [2.45, 2.75) is 43.9 Å². The van der Waals surface area contributed by atoms with E-state index in [1.807, 2.05) is 0 Å². The molecule has 1 rings (SSSR count). The Labute approximate surface area is 77.6 Å². The molecule has 0 aliphatic heterocycles. The summed E-state index contributed by atoms with van der Waals surface area (Å²) in [4.78, 5) is 0. The fourth-order valence-electron chi connectivity index (χ4n) is 1.27. The van der Waals surface area contributed by atoms with Crippen molar-refractivity contribution in [1.82, 2.24) is 5.32 Å². The molecule has 2 nitrogen and oxygen atoms in total. The van der Waals surface area contributed by atoms with Gasteiger partial charge in [0, 0.05) is 28.3 Å². The van der Waals surface area contributed by atoms with Gasteiger partial charge in [0.2, 0.25) is 0 Å². The summed E-state index contributed by atoms with van der Waals surface area (Å²) in [6.45, 7) is 3.09. The predicted octanol–water partition coefficient (Wildman–Crippen LogP) is 1.29. The van der Waals surface area contributed by atoms with Gasteiger partial charge in [-0.05, 0) is 25.8 Å². The van der Waals surface area contributed by atoms with Gasteiger partial charge >= 0.3 is 0 Å². The van der Waals surface area contributed by atoms with Crippen molar-refractivity contribution in [2.75, 3.05) is 12.8 Å². The smallest absolute Gasteiger partial charge is 0.0329 e. The Kier molecular flexibility index (Phi) is 4.22. The fraction of sp³-hybridized carbons (Fsp3) is 1.00. The molecule has 1 fully saturated rings. The maximum Gasteiger partial charge on any atom is 0.0329 e. The zero-order valence-corrected chi connectivity index (χ0v) is 8.82. The Balaban J connectivity index is 1.97. The van der Waals surface area contributed by atoms with E-state index in [0.29, 0.717) is 5.25 Å². The molecule has 0 heterocycles. The van der Waals surface area contributed by atoms with Crippen molar-refractivity contribution >= 4 is 10.8 Å². The van der Waals surface area contributed by atoms with E-state index in [1.165, 1.54) is 19.3 Å². The highest BCUT2D eigenvalue weighted by Gasteiger charge is 2.16. The van der Waals surface area contributed by atoms with Crippen LogP contribution >= 0.6 is 0 Å². The summed E-state index contributed by atoms with van der Waals surface area (Å²) in [5.41, 5.74) is 0. The molecule has 0 amide bonds. The minimum Gasteiger partial charge on any atom is -0.314 e. The van der Waals surface area contributed by atoms with E-state index in [9.17, 15) is 4.21 Å². The molecule has 0 aromatic carbocycles. The van der Waals surface area contributed by atoms with Crippen molar-refractivity contribution in [3.63, 3.8) is 0 Å². The number of hydrogen-bond donors (Lipinski definition) is 1. The van der Waals surface area contributed by atoms with Gasteiger partial charge in [-0.2, -0.15) is 0 Å². The third kappa shape index (κ3) is 3.23. The van der Waals surface area contributed by atoms with E-state index < -0.39 is 10.8 Å². The topological polar surface area (TPSA) is 29.1 Å². The van der Waals surface area contributed by atoms with Gasteiger partial charge in [0.05, 0.1) is 0 Å². The molecule has 1 aliphatic rings. The molecule has 1 aliphatic carbocycles. The Morgan fingerprint density at radius 2 is 2.25 bits per heavy atom. The molecule has 0 spiro atoms. The Bertz CT molecular complexity index is 157. The normalized spacial score (nSPS) is 23.2. The van der Waals surface area contributed by atoms with Crippen LogP contribution in [0.25, 0.3) is 0 Å². The zero-order valence-electron chi connectivity index (χ0n) is 8.01. The number of hydrogen-bond acceptors (Lipinski definition) is 2. The van der Waals surface area contributed by atoms with E-state index >= 15 is 0 Å². The third-order valence-electron chi connectivity index (χ3n) is 2.66. The minimum atomic E-state index is -0.649. The summed E-state index contributed by atoms with van der Waals surface area (Å²) in [5, 5.41) is 3.82. The molecule has 0 aromatic heterocycles. The first kappa shape index (κ1) is 10.2. The van der Waals surface area contributed by atoms with E-state index in [2.05, 4.69) is 12.2 Å². The van der Waals surface area contributed by atoms with E-state index in [0.717, 1.165) is 19.0 Å². The lowest BCUT2D eigenvalue weighted by Crippen LogP contribution is -2.36. The molecule has 0 saturated heterocycles. The van der Waals surface area contributed by atoms with E-state index in [4.69, 9.17) is 0 Å². The average Bonchev–Trinajstić information content (AvgIpc) is 1.93. The lowest BCUT2D eigenvalue weighted by molar-refractivity contribution is 0.339. The van der Waals surface area contributed by atoms with Crippen LogP contribution in [-0.2, 0) is 10.8 Å². The van der Waals surface area contributed by atoms with Gasteiger partial charge in [-0.25, -0.2) is 0 Å². The molecular weight excluding hydrogens is 170 g/mol. The van der Waals surface area contributed by atoms with Crippen LogP contribution in [0.15, 0.2) is 0 Å². The summed E-state index contributed by atoms with van der Waals surface area (Å²) in [7, 11) is -0.649. The van der Waals surface area contributed by atoms with Crippen LogP contribution in [-0.4, -0.2) is 28.3 Å². The third-order valence-corrected chi connectivity index (χ3v) is 4.02. The largest absolute Gasteiger partial charge is 0.314 e. The van der Waals surface area contributed by atoms with Gasteiger partial charge in [0.15, 0.2) is 0 Å². The Morgan fingerprint density at radius 3 is 2.67 bits per heavy atom. The lowest BCUT2D eigenvalue weighted by atomic mass is 9.93. The maximum atomic E-state index is 11.0. The highest BCUT2D eigenvalue weighted by Crippen LogP contribution is 2.17. The van der Waals surface area contributed by atoms with Crippen molar-refractivity contribution < 1.29 is 4.21 Å². The molecule has 72 valence electrons. The Hall–Kier alpha value is 0.110. The maximum absolute atomic E-state index is 11.0. The molecule has 0 bridgehead atoms. The van der Waals surface area contributed by atoms with Gasteiger partial charge in [-0.3, -0.25) is 4.21 Å². The second-order valence-electron chi connectivity index (χ2n) is 3.68. The second-order valence-corrected chi connectivity index (χ2v) is 5.48. The second kappa shape index (κ2) is 4.97. The first-order valence-electron chi connectivity index (χ1n) is 4.75. The van der Waals surface area contributed by atoms with Gasteiger partial charge in [0.1, 0.15) is 0 Å². The molecule has 1 saturated carbocycles. The summed E-state index contributed by atoms with van der Waals surface area (Å²) in [6.07, 6.45) is 6.88. The van der Waals surface area contributed by atoms with Crippen LogP contribution < -0.4 is 5.32 Å². The van der Waals surface area contributed by atoms with Gasteiger partial charge in [-0.1, -0.05) is 13.3 Å². The summed E-state index contributed by atoms with van der Waals surface area (Å²) < 4.78 is 11.0. The molecular formula is C9H19NOS. The average molecular weight is 189 g/mol. The van der Waals surface area contributed by atoms with Crippen molar-refractivity contribution in [3.05, 3.63) is 0 Å². The van der Waals surface area contributed by atoms with Crippen LogP contribution in [0.1, 0.15) is 32.6 Å². The van der Waals surface area contributed by atoms with Crippen LogP contribution in [0.5, 0.6) is 0 Å². The molecule has 2 unspecified atom stereocenters. The highest BCUT2D eigenvalue weighted by molar-refractivity contribution is 7.84. The minimum absolute atomic E-state index is 0.345. The van der Waals surface area contributed by atoms with Crippen LogP contribution in [0, 0.1) is 0 Å². The standard InChI is InChI=1S/C9H19NOS/c1-8(12(2)11)6-7-10-9-4-3-5-9/h8-10H,3-7H2,1-2H3. The van der Waals surface area contributed by atoms with E-state index in [-0.39, 0.29) is 0 Å². The molecule has 3 heteroatoms. The molecule has 0 radical (unpaired) electrons. The zero-order chi connectivity index (χ0) is 8.97. The predicted molar refractivity (Wildman–Crippen MR) is 53.8 cm³/mol. The first-order valence-corrected chi connectivity index (χ1v) is 6.38. The van der Waals surface area contributed by atoms with Gasteiger partial charge < -0.3 is 5.32 Å². The number of rotatable bonds is 5. The summed E-state index contributed by atoms with van der Waals surface area (Å²) in [6, 6.07) is 0.766. The SMILES string of the molecule is CC(CCNC1CCC1)S(C)=O. The van der Waals surface area contributed by atoms with Crippen molar-refractivity contribution in [3.8, 4) is 0 Å². The van der Waals surface area contributed by atoms with Gasteiger partial charge in [-0.15, -0.1) is 0 Å². The number of nitrogens with one attached hydrogen (secondary N) is 1. The van der Waals surface area contributed by atoms with Crippen LogP contribution in [0.3, 0.4) is 0 Å². The molecule has 0 aromatic rings. The van der Waals surface area contributed by atoms with Crippen molar-refractivity contribution in [1.29, 1.82) is 0 Å². The van der Waals surface area contributed by atoms with Crippen molar-refractivity contribution in [2.24, 2.45) is 0 Å². The summed E-state index contributed by atoms with van der Waals surface area (Å²) >= 11 is 0. The van der Waals surface area contributed by atoms with E-state index in [1.54, 1.807) is 6.26 Å².